The zero-order valence-corrected chi connectivity index (χ0v) is 26.8. The Morgan fingerprint density at radius 3 is 2.52 bits per heavy atom. The average Bonchev–Trinajstić information content (AvgIpc) is 3.48. The van der Waals surface area contributed by atoms with E-state index in [4.69, 9.17) is 11.6 Å². The lowest BCUT2D eigenvalue weighted by Gasteiger charge is -2.23. The summed E-state index contributed by atoms with van der Waals surface area (Å²) in [6, 6.07) is 10.8. The number of fused-ring (bicyclic) bond motifs is 1. The van der Waals surface area contributed by atoms with Crippen molar-refractivity contribution < 1.29 is 13.2 Å². The summed E-state index contributed by atoms with van der Waals surface area (Å²) in [7, 11) is 1.88. The summed E-state index contributed by atoms with van der Waals surface area (Å²) in [5.74, 6) is 0. The number of aryl methyl sites for hydroxylation is 1. The molecule has 13 heteroatoms. The number of anilines is 2. The molecule has 3 aromatic heterocycles. The third kappa shape index (κ3) is 5.75. The SMILES string of the molecule is Cc1c(-c2cn(C)cn2)cccc1[C@H](Nc1cc(Cl)c2ncc(C#N)c(NCC(C)(C)C)c2c1)c1cn(C2(C(F)(F)F)CC2)nn1. The second kappa shape index (κ2) is 11.3. The third-order valence-electron chi connectivity index (χ3n) is 8.32. The van der Waals surface area contributed by atoms with Crippen LogP contribution in [0.3, 0.4) is 0 Å². The van der Waals surface area contributed by atoms with E-state index in [1.807, 2.05) is 49.0 Å². The molecule has 1 saturated carbocycles. The fourth-order valence-electron chi connectivity index (χ4n) is 5.62. The number of nitrogens with one attached hydrogen (secondary N) is 2. The van der Waals surface area contributed by atoms with Crippen molar-refractivity contribution in [3.63, 3.8) is 0 Å². The molecule has 2 aromatic carbocycles. The van der Waals surface area contributed by atoms with Crippen molar-refractivity contribution in [1.82, 2.24) is 29.5 Å². The van der Waals surface area contributed by atoms with Gasteiger partial charge in [-0.2, -0.15) is 18.4 Å². The lowest BCUT2D eigenvalue weighted by Crippen LogP contribution is -2.35. The van der Waals surface area contributed by atoms with E-state index in [0.717, 1.165) is 27.1 Å². The number of rotatable bonds is 8. The molecule has 5 aromatic rings. The van der Waals surface area contributed by atoms with E-state index >= 15 is 0 Å². The van der Waals surface area contributed by atoms with E-state index < -0.39 is 17.8 Å². The van der Waals surface area contributed by atoms with Crippen LogP contribution in [0.2, 0.25) is 5.02 Å². The minimum absolute atomic E-state index is 0.0512. The first-order valence-electron chi connectivity index (χ1n) is 14.8. The van der Waals surface area contributed by atoms with Crippen LogP contribution in [0.1, 0.15) is 62.0 Å². The maximum Gasteiger partial charge on any atom is 0.413 e. The quantitative estimate of drug-likeness (QED) is 0.177. The standard InChI is InChI=1S/C33H33ClF3N9/c1-19-22(26-15-45(5)18-41-26)7-6-8-23(19)30(27-16-46(44-43-27)32(9-10-32)33(35,36)37)42-21-11-24-28(40-17-31(2,3)4)20(13-38)14-39-29(24)25(34)12-21/h6-8,11-12,14-16,18,30,42H,9-10,17H2,1-5H3,(H,39,40)/t30-/m0/s1. The molecule has 46 heavy (non-hydrogen) atoms. The second-order valence-electron chi connectivity index (χ2n) is 13.1. The Bertz CT molecular complexity index is 1980. The van der Waals surface area contributed by atoms with Crippen LogP contribution in [0.25, 0.3) is 22.2 Å². The Morgan fingerprint density at radius 2 is 1.89 bits per heavy atom. The number of alkyl halides is 3. The van der Waals surface area contributed by atoms with E-state index in [0.29, 0.717) is 45.1 Å². The Hall–Kier alpha value is -4.63. The molecule has 6 rings (SSSR count). The molecular formula is C33H33ClF3N9. The molecule has 1 aliphatic rings. The molecule has 0 saturated heterocycles. The van der Waals surface area contributed by atoms with Gasteiger partial charge in [0.05, 0.1) is 46.1 Å². The molecule has 9 nitrogen and oxygen atoms in total. The van der Waals surface area contributed by atoms with Gasteiger partial charge in [0.2, 0.25) is 0 Å². The number of aromatic nitrogens is 6. The van der Waals surface area contributed by atoms with E-state index in [-0.39, 0.29) is 18.3 Å². The zero-order valence-electron chi connectivity index (χ0n) is 26.0. The Labute approximate surface area is 269 Å². The third-order valence-corrected chi connectivity index (χ3v) is 8.60. The number of nitrogens with zero attached hydrogens (tertiary/aromatic N) is 7. The molecule has 1 aliphatic carbocycles. The maximum absolute atomic E-state index is 14.0. The van der Waals surface area contributed by atoms with Gasteiger partial charge >= 0.3 is 6.18 Å². The van der Waals surface area contributed by atoms with Gasteiger partial charge in [0, 0.05) is 42.6 Å². The van der Waals surface area contributed by atoms with Crippen molar-refractivity contribution in [2.75, 3.05) is 17.2 Å². The van der Waals surface area contributed by atoms with Crippen LogP contribution >= 0.6 is 11.6 Å². The van der Waals surface area contributed by atoms with Gasteiger partial charge < -0.3 is 15.2 Å². The molecule has 2 N–H and O–H groups in total. The predicted molar refractivity (Wildman–Crippen MR) is 172 cm³/mol. The highest BCUT2D eigenvalue weighted by Gasteiger charge is 2.66. The summed E-state index contributed by atoms with van der Waals surface area (Å²) in [6.07, 6.45) is 1.92. The molecule has 1 fully saturated rings. The molecule has 0 bridgehead atoms. The number of nitriles is 1. The first-order chi connectivity index (χ1) is 21.7. The number of hydrogen-bond acceptors (Lipinski definition) is 7. The fourth-order valence-corrected chi connectivity index (χ4v) is 5.89. The van der Waals surface area contributed by atoms with Gasteiger partial charge in [-0.05, 0) is 48.4 Å². The highest BCUT2D eigenvalue weighted by molar-refractivity contribution is 6.35. The van der Waals surface area contributed by atoms with Crippen molar-refractivity contribution in [2.45, 2.75) is 58.3 Å². The first kappa shape index (κ1) is 31.4. The summed E-state index contributed by atoms with van der Waals surface area (Å²) in [4.78, 5) is 8.96. The molecule has 0 amide bonds. The highest BCUT2D eigenvalue weighted by atomic mass is 35.5. The van der Waals surface area contributed by atoms with E-state index in [1.165, 1.54) is 12.4 Å². The topological polar surface area (TPSA) is 109 Å². The molecular weight excluding hydrogens is 615 g/mol. The summed E-state index contributed by atoms with van der Waals surface area (Å²) in [6.45, 7) is 8.78. The number of hydrogen-bond donors (Lipinski definition) is 2. The molecule has 0 radical (unpaired) electrons. The van der Waals surface area contributed by atoms with Crippen molar-refractivity contribution >= 4 is 33.9 Å². The van der Waals surface area contributed by atoms with E-state index in [2.05, 4.69) is 57.8 Å². The lowest BCUT2D eigenvalue weighted by molar-refractivity contribution is -0.182. The van der Waals surface area contributed by atoms with Crippen LogP contribution in [0.4, 0.5) is 24.5 Å². The highest BCUT2D eigenvalue weighted by Crippen LogP contribution is 2.55. The first-order valence-corrected chi connectivity index (χ1v) is 15.2. The average molecular weight is 648 g/mol. The normalized spacial score (nSPS) is 15.0. The molecule has 3 heterocycles. The van der Waals surface area contributed by atoms with Crippen molar-refractivity contribution in [1.29, 1.82) is 5.26 Å². The lowest BCUT2D eigenvalue weighted by atomic mass is 9.93. The van der Waals surface area contributed by atoms with Crippen LogP contribution in [-0.2, 0) is 12.6 Å². The maximum atomic E-state index is 14.0. The van der Waals surface area contributed by atoms with Gasteiger partial charge in [-0.1, -0.05) is 55.8 Å². The summed E-state index contributed by atoms with van der Waals surface area (Å²) in [5.41, 5.74) is 3.51. The number of imidazole rings is 1. The Morgan fingerprint density at radius 1 is 1.13 bits per heavy atom. The largest absolute Gasteiger partial charge is 0.413 e. The summed E-state index contributed by atoms with van der Waals surface area (Å²) in [5, 5.41) is 26.0. The molecule has 0 spiro atoms. The van der Waals surface area contributed by atoms with Crippen LogP contribution < -0.4 is 10.6 Å². The Kier molecular flexibility index (Phi) is 7.71. The van der Waals surface area contributed by atoms with Crippen molar-refractivity contribution in [3.05, 3.63) is 82.7 Å². The van der Waals surface area contributed by atoms with Crippen LogP contribution in [-0.4, -0.2) is 42.2 Å². The molecule has 1 atom stereocenters. The summed E-state index contributed by atoms with van der Waals surface area (Å²) < 4.78 is 44.9. The molecule has 238 valence electrons. The van der Waals surface area contributed by atoms with Crippen molar-refractivity contribution in [3.8, 4) is 17.3 Å². The van der Waals surface area contributed by atoms with Crippen LogP contribution in [0.15, 0.2) is 55.2 Å². The minimum Gasteiger partial charge on any atom is -0.383 e. The van der Waals surface area contributed by atoms with Crippen LogP contribution in [0.5, 0.6) is 0 Å². The molecule has 0 unspecified atom stereocenters. The predicted octanol–water partition coefficient (Wildman–Crippen LogP) is 7.77. The molecule has 0 aliphatic heterocycles. The van der Waals surface area contributed by atoms with Gasteiger partial charge in [0.25, 0.3) is 0 Å². The number of benzene rings is 2. The van der Waals surface area contributed by atoms with Crippen LogP contribution in [0, 0.1) is 23.7 Å². The minimum atomic E-state index is -4.45. The van der Waals surface area contributed by atoms with Gasteiger partial charge in [-0.15, -0.1) is 5.10 Å². The smallest absolute Gasteiger partial charge is 0.383 e. The van der Waals surface area contributed by atoms with Gasteiger partial charge in [0.15, 0.2) is 5.54 Å². The van der Waals surface area contributed by atoms with Gasteiger partial charge in [-0.3, -0.25) is 4.98 Å². The summed E-state index contributed by atoms with van der Waals surface area (Å²) >= 11 is 6.78. The fraction of sp³-hybridized carbons (Fsp3) is 0.364. The monoisotopic (exact) mass is 647 g/mol. The van der Waals surface area contributed by atoms with Gasteiger partial charge in [0.1, 0.15) is 11.8 Å². The Balaban J connectivity index is 1.48. The second-order valence-corrected chi connectivity index (χ2v) is 13.5. The number of pyridine rings is 1. The van der Waals surface area contributed by atoms with E-state index in [1.54, 1.807) is 12.4 Å². The van der Waals surface area contributed by atoms with Gasteiger partial charge in [-0.25, -0.2) is 9.67 Å². The zero-order chi connectivity index (χ0) is 33.0. The number of halogens is 4. The van der Waals surface area contributed by atoms with Crippen molar-refractivity contribution in [2.24, 2.45) is 12.5 Å². The van der Waals surface area contributed by atoms with E-state index in [9.17, 15) is 18.4 Å².